The molecule has 0 radical (unpaired) electrons. The summed E-state index contributed by atoms with van der Waals surface area (Å²) in [6, 6.07) is 23.6. The summed E-state index contributed by atoms with van der Waals surface area (Å²) in [4.78, 5) is 21.1. The fourth-order valence-electron chi connectivity index (χ4n) is 4.42. The van der Waals surface area contributed by atoms with Gasteiger partial charge in [0.1, 0.15) is 11.6 Å². The van der Waals surface area contributed by atoms with Crippen LogP contribution >= 0.6 is 0 Å². The molecule has 3 N–H and O–H groups in total. The number of hydrogen-bond donors (Lipinski definition) is 3. The van der Waals surface area contributed by atoms with Crippen molar-refractivity contribution in [1.82, 2.24) is 20.6 Å². The maximum absolute atomic E-state index is 13.0. The fraction of sp³-hybridized carbons (Fsp3) is 0.231. The molecule has 1 heterocycles. The number of fused-ring (bicyclic) bond motifs is 2. The second kappa shape index (κ2) is 8.75. The van der Waals surface area contributed by atoms with E-state index in [1.807, 2.05) is 60.7 Å². The number of aromatic nitrogens is 2. The van der Waals surface area contributed by atoms with Crippen molar-refractivity contribution in [3.8, 4) is 5.75 Å². The van der Waals surface area contributed by atoms with Crippen molar-refractivity contribution >= 4 is 17.1 Å². The lowest BCUT2D eigenvalue weighted by Crippen LogP contribution is -2.40. The maximum atomic E-state index is 13.0. The number of carbonyl (C=O) groups excluding carboxylic acids is 1. The number of hydrogen-bond acceptors (Lipinski definition) is 3. The average molecular weight is 427 g/mol. The number of nitrogens with one attached hydrogen (secondary N) is 3. The quantitative estimate of drug-likeness (QED) is 0.413. The van der Waals surface area contributed by atoms with Crippen molar-refractivity contribution in [1.29, 1.82) is 0 Å². The van der Waals surface area contributed by atoms with Gasteiger partial charge in [-0.1, -0.05) is 48.5 Å². The molecule has 0 spiro atoms. The third-order valence-corrected chi connectivity index (χ3v) is 6.08. The van der Waals surface area contributed by atoms with Crippen molar-refractivity contribution < 1.29 is 9.53 Å². The fourth-order valence-corrected chi connectivity index (χ4v) is 4.42. The van der Waals surface area contributed by atoms with Crippen molar-refractivity contribution in [2.45, 2.75) is 31.3 Å². The molecule has 1 aliphatic rings. The zero-order valence-corrected chi connectivity index (χ0v) is 18.0. The second-order valence-corrected chi connectivity index (χ2v) is 8.15. The standard InChI is InChI=1S/C26H26N4O2/c1-32-19-13-10-17(11-14-19)16-24(25-27-22-8-4-5-9-23(22)28-25)30-26(31)29-21-15-12-18-6-2-3-7-20(18)21/h2-11,13-14,21,24H,12,15-16H2,1H3,(H,27,28)(H2,29,30,31)/t21-,24+/m0/s1. The van der Waals surface area contributed by atoms with E-state index in [0.717, 1.165) is 41.0 Å². The van der Waals surface area contributed by atoms with Crippen molar-refractivity contribution in [3.63, 3.8) is 0 Å². The first kappa shape index (κ1) is 20.1. The number of rotatable bonds is 6. The van der Waals surface area contributed by atoms with Crippen LogP contribution in [-0.2, 0) is 12.8 Å². The largest absolute Gasteiger partial charge is 0.497 e. The predicted molar refractivity (Wildman–Crippen MR) is 125 cm³/mol. The van der Waals surface area contributed by atoms with Gasteiger partial charge in [-0.15, -0.1) is 0 Å². The zero-order chi connectivity index (χ0) is 21.9. The molecule has 1 aliphatic carbocycles. The topological polar surface area (TPSA) is 79.0 Å². The molecule has 0 bridgehead atoms. The van der Waals surface area contributed by atoms with Gasteiger partial charge in [-0.05, 0) is 60.2 Å². The van der Waals surface area contributed by atoms with Crippen LogP contribution in [0.4, 0.5) is 4.79 Å². The molecule has 2 atom stereocenters. The summed E-state index contributed by atoms with van der Waals surface area (Å²) in [6.07, 6.45) is 2.51. The monoisotopic (exact) mass is 426 g/mol. The molecule has 0 unspecified atom stereocenters. The van der Waals surface area contributed by atoms with Crippen LogP contribution in [0.25, 0.3) is 11.0 Å². The van der Waals surface area contributed by atoms with Gasteiger partial charge >= 0.3 is 6.03 Å². The van der Waals surface area contributed by atoms with Crippen LogP contribution in [0.5, 0.6) is 5.75 Å². The molecule has 0 aliphatic heterocycles. The van der Waals surface area contributed by atoms with Crippen LogP contribution in [0.3, 0.4) is 0 Å². The number of aryl methyl sites for hydroxylation is 1. The molecular weight excluding hydrogens is 400 g/mol. The number of nitrogens with zero attached hydrogens (tertiary/aromatic N) is 1. The van der Waals surface area contributed by atoms with E-state index in [4.69, 9.17) is 9.72 Å². The minimum Gasteiger partial charge on any atom is -0.497 e. The smallest absolute Gasteiger partial charge is 0.315 e. The Morgan fingerprint density at radius 2 is 1.88 bits per heavy atom. The summed E-state index contributed by atoms with van der Waals surface area (Å²) in [5, 5.41) is 6.32. The highest BCUT2D eigenvalue weighted by Gasteiger charge is 2.25. The molecule has 1 aromatic heterocycles. The minimum atomic E-state index is -0.299. The lowest BCUT2D eigenvalue weighted by Gasteiger charge is -2.20. The number of urea groups is 1. The van der Waals surface area contributed by atoms with Crippen LogP contribution in [0.2, 0.25) is 0 Å². The van der Waals surface area contributed by atoms with Crippen LogP contribution in [0.1, 0.15) is 41.0 Å². The van der Waals surface area contributed by atoms with Gasteiger partial charge in [-0.25, -0.2) is 9.78 Å². The number of benzene rings is 3. The number of H-pyrrole nitrogens is 1. The van der Waals surface area contributed by atoms with E-state index in [1.54, 1.807) is 7.11 Å². The van der Waals surface area contributed by atoms with Crippen LogP contribution in [0.15, 0.2) is 72.8 Å². The first-order valence-electron chi connectivity index (χ1n) is 10.9. The second-order valence-electron chi connectivity index (χ2n) is 8.15. The molecule has 0 saturated heterocycles. The molecule has 5 rings (SSSR count). The molecule has 0 fully saturated rings. The highest BCUT2D eigenvalue weighted by atomic mass is 16.5. The number of aromatic amines is 1. The van der Waals surface area contributed by atoms with Gasteiger partial charge in [0.15, 0.2) is 0 Å². The molecule has 2 amide bonds. The van der Waals surface area contributed by atoms with E-state index in [0.29, 0.717) is 6.42 Å². The van der Waals surface area contributed by atoms with Gasteiger partial charge in [0.2, 0.25) is 0 Å². The van der Waals surface area contributed by atoms with E-state index < -0.39 is 0 Å². The number of methoxy groups -OCH3 is 1. The molecule has 3 aromatic carbocycles. The Morgan fingerprint density at radius 3 is 2.69 bits per heavy atom. The molecule has 162 valence electrons. The van der Waals surface area contributed by atoms with E-state index in [-0.39, 0.29) is 18.1 Å². The third-order valence-electron chi connectivity index (χ3n) is 6.08. The van der Waals surface area contributed by atoms with Gasteiger partial charge in [-0.3, -0.25) is 0 Å². The van der Waals surface area contributed by atoms with Crippen molar-refractivity contribution in [3.05, 3.63) is 95.3 Å². The lowest BCUT2D eigenvalue weighted by molar-refractivity contribution is 0.232. The van der Waals surface area contributed by atoms with E-state index in [9.17, 15) is 4.79 Å². The Kier molecular flexibility index (Phi) is 5.50. The molecule has 6 nitrogen and oxygen atoms in total. The maximum Gasteiger partial charge on any atom is 0.315 e. The first-order valence-corrected chi connectivity index (χ1v) is 10.9. The molecule has 6 heteroatoms. The zero-order valence-electron chi connectivity index (χ0n) is 18.0. The average Bonchev–Trinajstić information content (AvgIpc) is 3.43. The Morgan fingerprint density at radius 1 is 1.09 bits per heavy atom. The van der Waals surface area contributed by atoms with Crippen LogP contribution in [-0.4, -0.2) is 23.1 Å². The van der Waals surface area contributed by atoms with E-state index in [2.05, 4.69) is 27.8 Å². The van der Waals surface area contributed by atoms with Gasteiger partial charge in [0.25, 0.3) is 0 Å². The van der Waals surface area contributed by atoms with Crippen LogP contribution in [0, 0.1) is 0 Å². The summed E-state index contributed by atoms with van der Waals surface area (Å²) in [5.74, 6) is 1.55. The van der Waals surface area contributed by atoms with E-state index >= 15 is 0 Å². The van der Waals surface area contributed by atoms with Gasteiger partial charge < -0.3 is 20.4 Å². The van der Waals surface area contributed by atoms with Gasteiger partial charge in [-0.2, -0.15) is 0 Å². The highest BCUT2D eigenvalue weighted by molar-refractivity contribution is 5.77. The van der Waals surface area contributed by atoms with Crippen molar-refractivity contribution in [2.75, 3.05) is 7.11 Å². The molecular formula is C26H26N4O2. The summed E-state index contributed by atoms with van der Waals surface area (Å²) in [5.41, 5.74) is 5.44. The Labute approximate surface area is 187 Å². The Bertz CT molecular complexity index is 1200. The highest BCUT2D eigenvalue weighted by Crippen LogP contribution is 2.30. The number of ether oxygens (including phenoxy) is 1. The molecule has 32 heavy (non-hydrogen) atoms. The lowest BCUT2D eigenvalue weighted by atomic mass is 10.1. The summed E-state index contributed by atoms with van der Waals surface area (Å²) < 4.78 is 5.27. The summed E-state index contributed by atoms with van der Waals surface area (Å²) in [7, 11) is 1.65. The summed E-state index contributed by atoms with van der Waals surface area (Å²) >= 11 is 0. The summed E-state index contributed by atoms with van der Waals surface area (Å²) in [6.45, 7) is 0. The van der Waals surface area contributed by atoms with Crippen LogP contribution < -0.4 is 15.4 Å². The number of carbonyl (C=O) groups is 1. The number of para-hydroxylation sites is 2. The van der Waals surface area contributed by atoms with Gasteiger partial charge in [0.05, 0.1) is 30.2 Å². The first-order chi connectivity index (χ1) is 15.7. The third kappa shape index (κ3) is 4.17. The van der Waals surface area contributed by atoms with E-state index in [1.165, 1.54) is 11.1 Å². The minimum absolute atomic E-state index is 0.0310. The molecule has 0 saturated carbocycles. The predicted octanol–water partition coefficient (Wildman–Crippen LogP) is 4.84. The van der Waals surface area contributed by atoms with Gasteiger partial charge in [0, 0.05) is 0 Å². The molecule has 4 aromatic rings. The Balaban J connectivity index is 1.37. The SMILES string of the molecule is COc1ccc(C[C@@H](NC(=O)N[C@H]2CCc3ccccc32)c2nc3ccccc3[nH]2)cc1. The normalized spacial score (nSPS) is 15.8. The number of imidazole rings is 1. The number of amides is 2. The van der Waals surface area contributed by atoms with Crippen molar-refractivity contribution in [2.24, 2.45) is 0 Å². The Hall–Kier alpha value is -3.80.